The highest BCUT2D eigenvalue weighted by Crippen LogP contribution is 2.21. The zero-order chi connectivity index (χ0) is 13.3. The predicted molar refractivity (Wildman–Crippen MR) is 66.2 cm³/mol. The number of rotatable bonds is 2. The number of benzene rings is 1. The van der Waals surface area contributed by atoms with E-state index in [9.17, 15) is 4.79 Å². The van der Waals surface area contributed by atoms with Crippen LogP contribution >= 0.6 is 11.6 Å². The molecule has 90 valence electrons. The first-order valence-corrected chi connectivity index (χ1v) is 5.25. The Labute approximate surface area is 107 Å². The van der Waals surface area contributed by atoms with Gasteiger partial charge in [0.25, 0.3) is 5.91 Å². The molecule has 0 saturated carbocycles. The smallest absolute Gasteiger partial charge is 0.271 e. The minimum Gasteiger partial charge on any atom is -0.396 e. The summed E-state index contributed by atoms with van der Waals surface area (Å²) in [6, 6.07) is 6.70. The first-order chi connectivity index (χ1) is 8.52. The summed E-state index contributed by atoms with van der Waals surface area (Å²) < 4.78 is 1.31. The normalized spacial score (nSPS) is 10.0. The van der Waals surface area contributed by atoms with Gasteiger partial charge in [-0.1, -0.05) is 11.6 Å². The van der Waals surface area contributed by atoms with E-state index in [0.717, 1.165) is 0 Å². The third kappa shape index (κ3) is 1.99. The number of primary amides is 1. The van der Waals surface area contributed by atoms with Crippen molar-refractivity contribution in [3.63, 3.8) is 0 Å². The summed E-state index contributed by atoms with van der Waals surface area (Å²) >= 11 is 5.86. The van der Waals surface area contributed by atoms with Crippen LogP contribution in [0.2, 0.25) is 5.02 Å². The topological polar surface area (TPSA) is 111 Å². The Balaban J connectivity index is 2.62. The molecule has 2 rings (SSSR count). The molecule has 6 nitrogen and oxygen atoms in total. The minimum atomic E-state index is -0.730. The molecule has 1 amide bonds. The van der Waals surface area contributed by atoms with Gasteiger partial charge in [0.1, 0.15) is 6.07 Å². The number of halogens is 1. The van der Waals surface area contributed by atoms with Crippen LogP contribution in [0.1, 0.15) is 16.1 Å². The van der Waals surface area contributed by atoms with E-state index < -0.39 is 5.91 Å². The van der Waals surface area contributed by atoms with Crippen molar-refractivity contribution in [2.45, 2.75) is 0 Å². The molecule has 0 bridgehead atoms. The van der Waals surface area contributed by atoms with Gasteiger partial charge >= 0.3 is 0 Å². The Morgan fingerprint density at radius 2 is 2.22 bits per heavy atom. The standard InChI is InChI=1S/C11H8ClN5O/c12-7-2-1-6(4-13)9(3-7)17-5-8(14)10(16-17)11(15)18/h1-3,5H,14H2,(H2,15,18). The number of nitrogen functional groups attached to an aromatic ring is 1. The van der Waals surface area contributed by atoms with Crippen molar-refractivity contribution in [3.8, 4) is 11.8 Å². The van der Waals surface area contributed by atoms with Crippen molar-refractivity contribution < 1.29 is 4.79 Å². The second-order valence-corrected chi connectivity index (χ2v) is 3.95. The van der Waals surface area contributed by atoms with Gasteiger partial charge in [0.15, 0.2) is 5.69 Å². The molecular formula is C11H8ClN5O. The molecule has 0 aliphatic heterocycles. The third-order valence-corrected chi connectivity index (χ3v) is 2.54. The van der Waals surface area contributed by atoms with E-state index >= 15 is 0 Å². The number of amides is 1. The highest BCUT2D eigenvalue weighted by Gasteiger charge is 2.14. The number of nitrogens with two attached hydrogens (primary N) is 2. The summed E-state index contributed by atoms with van der Waals surface area (Å²) in [5, 5.41) is 13.4. The van der Waals surface area contributed by atoms with Gasteiger partial charge in [0.2, 0.25) is 0 Å². The number of anilines is 1. The maximum absolute atomic E-state index is 11.1. The first kappa shape index (κ1) is 12.0. The van der Waals surface area contributed by atoms with Crippen LogP contribution in [0.15, 0.2) is 24.4 Å². The quantitative estimate of drug-likeness (QED) is 0.842. The lowest BCUT2D eigenvalue weighted by atomic mass is 10.2. The molecule has 0 aliphatic carbocycles. The molecule has 0 fully saturated rings. The molecule has 0 atom stereocenters. The molecule has 0 saturated heterocycles. The van der Waals surface area contributed by atoms with E-state index in [1.54, 1.807) is 18.2 Å². The average Bonchev–Trinajstić information content (AvgIpc) is 2.71. The number of nitriles is 1. The number of aromatic nitrogens is 2. The number of carbonyl (C=O) groups excluding carboxylic acids is 1. The lowest BCUT2D eigenvalue weighted by molar-refractivity contribution is 0.0996. The Kier molecular flexibility index (Phi) is 2.92. The molecule has 1 aromatic carbocycles. The molecule has 0 radical (unpaired) electrons. The van der Waals surface area contributed by atoms with E-state index in [4.69, 9.17) is 28.3 Å². The molecule has 1 heterocycles. The van der Waals surface area contributed by atoms with E-state index in [-0.39, 0.29) is 11.4 Å². The fraction of sp³-hybridized carbons (Fsp3) is 0. The number of hydrogen-bond donors (Lipinski definition) is 2. The van der Waals surface area contributed by atoms with Crippen LogP contribution < -0.4 is 11.5 Å². The fourth-order valence-electron chi connectivity index (χ4n) is 1.49. The van der Waals surface area contributed by atoms with Crippen molar-refractivity contribution in [3.05, 3.63) is 40.7 Å². The number of nitrogens with zero attached hydrogens (tertiary/aromatic N) is 3. The van der Waals surface area contributed by atoms with Crippen LogP contribution in [0.25, 0.3) is 5.69 Å². The summed E-state index contributed by atoms with van der Waals surface area (Å²) in [6.07, 6.45) is 1.41. The maximum Gasteiger partial charge on any atom is 0.271 e. The zero-order valence-electron chi connectivity index (χ0n) is 9.09. The van der Waals surface area contributed by atoms with Gasteiger partial charge in [0.05, 0.1) is 23.1 Å². The lowest BCUT2D eigenvalue weighted by Gasteiger charge is -2.03. The molecule has 0 unspecified atom stereocenters. The Morgan fingerprint density at radius 1 is 1.50 bits per heavy atom. The van der Waals surface area contributed by atoms with Crippen LogP contribution in [-0.4, -0.2) is 15.7 Å². The molecule has 0 spiro atoms. The average molecular weight is 262 g/mol. The summed E-state index contributed by atoms with van der Waals surface area (Å²) in [5.41, 5.74) is 11.6. The van der Waals surface area contributed by atoms with Gasteiger partial charge in [-0.15, -0.1) is 0 Å². The predicted octanol–water partition coefficient (Wildman–Crippen LogP) is 1.08. The Morgan fingerprint density at radius 3 is 2.78 bits per heavy atom. The monoisotopic (exact) mass is 261 g/mol. The summed E-state index contributed by atoms with van der Waals surface area (Å²) in [4.78, 5) is 11.1. The SMILES string of the molecule is N#Cc1ccc(Cl)cc1-n1cc(N)c(C(N)=O)n1. The van der Waals surface area contributed by atoms with E-state index in [2.05, 4.69) is 5.10 Å². The molecule has 4 N–H and O–H groups in total. The summed E-state index contributed by atoms with van der Waals surface area (Å²) in [5.74, 6) is -0.730. The van der Waals surface area contributed by atoms with Crippen molar-refractivity contribution in [2.24, 2.45) is 5.73 Å². The fourth-order valence-corrected chi connectivity index (χ4v) is 1.66. The van der Waals surface area contributed by atoms with Crippen molar-refractivity contribution in [1.82, 2.24) is 9.78 Å². The second-order valence-electron chi connectivity index (χ2n) is 3.52. The highest BCUT2D eigenvalue weighted by atomic mass is 35.5. The van der Waals surface area contributed by atoms with Crippen molar-refractivity contribution >= 4 is 23.2 Å². The first-order valence-electron chi connectivity index (χ1n) is 4.88. The van der Waals surface area contributed by atoms with Crippen LogP contribution in [0.3, 0.4) is 0 Å². The molecular weight excluding hydrogens is 254 g/mol. The van der Waals surface area contributed by atoms with Gasteiger partial charge < -0.3 is 11.5 Å². The summed E-state index contributed by atoms with van der Waals surface area (Å²) in [7, 11) is 0. The van der Waals surface area contributed by atoms with Gasteiger partial charge in [-0.2, -0.15) is 10.4 Å². The van der Waals surface area contributed by atoms with Crippen molar-refractivity contribution in [1.29, 1.82) is 5.26 Å². The molecule has 18 heavy (non-hydrogen) atoms. The van der Waals surface area contributed by atoms with Crippen LogP contribution in [0.5, 0.6) is 0 Å². The summed E-state index contributed by atoms with van der Waals surface area (Å²) in [6.45, 7) is 0. The molecule has 1 aromatic heterocycles. The van der Waals surface area contributed by atoms with E-state index in [1.165, 1.54) is 10.9 Å². The van der Waals surface area contributed by atoms with Crippen LogP contribution in [-0.2, 0) is 0 Å². The van der Waals surface area contributed by atoms with Crippen LogP contribution in [0, 0.1) is 11.3 Å². The highest BCUT2D eigenvalue weighted by molar-refractivity contribution is 6.30. The molecule has 0 aliphatic rings. The van der Waals surface area contributed by atoms with E-state index in [1.807, 2.05) is 6.07 Å². The van der Waals surface area contributed by atoms with Gasteiger partial charge in [-0.3, -0.25) is 4.79 Å². The minimum absolute atomic E-state index is 0.0427. The second kappa shape index (κ2) is 4.39. The maximum atomic E-state index is 11.1. The number of hydrogen-bond acceptors (Lipinski definition) is 4. The lowest BCUT2D eigenvalue weighted by Crippen LogP contribution is -2.14. The largest absolute Gasteiger partial charge is 0.396 e. The van der Waals surface area contributed by atoms with Gasteiger partial charge in [0, 0.05) is 5.02 Å². The van der Waals surface area contributed by atoms with Crippen molar-refractivity contribution in [2.75, 3.05) is 5.73 Å². The molecule has 7 heteroatoms. The van der Waals surface area contributed by atoms with Crippen LogP contribution in [0.4, 0.5) is 5.69 Å². The Hall–Kier alpha value is -2.52. The number of carbonyl (C=O) groups is 1. The zero-order valence-corrected chi connectivity index (χ0v) is 9.85. The molecule has 2 aromatic rings. The van der Waals surface area contributed by atoms with Gasteiger partial charge in [-0.05, 0) is 18.2 Å². The Bertz CT molecular complexity index is 671. The van der Waals surface area contributed by atoms with E-state index in [0.29, 0.717) is 16.3 Å². The third-order valence-electron chi connectivity index (χ3n) is 2.30. The van der Waals surface area contributed by atoms with Gasteiger partial charge in [-0.25, -0.2) is 4.68 Å².